The number of aromatic nitrogens is 2. The number of primary amides is 1. The molecule has 2 rings (SSSR count). The summed E-state index contributed by atoms with van der Waals surface area (Å²) in [6.45, 7) is 9.43. The molecule has 8 nitrogen and oxygen atoms in total. The zero-order valence-electron chi connectivity index (χ0n) is 16.3. The van der Waals surface area contributed by atoms with Crippen LogP contribution in [0.15, 0.2) is 28.8 Å². The van der Waals surface area contributed by atoms with Gasteiger partial charge in [-0.3, -0.25) is 4.79 Å². The number of esters is 1. The first-order valence-corrected chi connectivity index (χ1v) is 8.73. The van der Waals surface area contributed by atoms with Gasteiger partial charge in [-0.1, -0.05) is 50.2 Å². The summed E-state index contributed by atoms with van der Waals surface area (Å²) in [7, 11) is 0. The van der Waals surface area contributed by atoms with Crippen molar-refractivity contribution in [2.75, 3.05) is 0 Å². The van der Waals surface area contributed by atoms with Crippen LogP contribution < -0.4 is 11.1 Å². The summed E-state index contributed by atoms with van der Waals surface area (Å²) in [5.41, 5.74) is 6.72. The van der Waals surface area contributed by atoms with Crippen LogP contribution in [0.1, 0.15) is 69.1 Å². The fourth-order valence-corrected chi connectivity index (χ4v) is 2.56. The topological polar surface area (TPSA) is 120 Å². The maximum atomic E-state index is 12.4. The highest BCUT2D eigenvalue weighted by Gasteiger charge is 2.26. The number of nitrogens with two attached hydrogens (primary N) is 1. The van der Waals surface area contributed by atoms with Gasteiger partial charge in [-0.15, -0.1) is 0 Å². The molecule has 1 aromatic heterocycles. The van der Waals surface area contributed by atoms with E-state index in [2.05, 4.69) is 15.5 Å². The Bertz CT molecular complexity index is 810. The van der Waals surface area contributed by atoms with E-state index in [0.717, 1.165) is 11.1 Å². The monoisotopic (exact) mass is 374 g/mol. The van der Waals surface area contributed by atoms with Gasteiger partial charge >= 0.3 is 12.0 Å². The Kier molecular flexibility index (Phi) is 6.20. The van der Waals surface area contributed by atoms with Crippen molar-refractivity contribution in [3.8, 4) is 0 Å². The predicted molar refractivity (Wildman–Crippen MR) is 98.8 cm³/mol. The molecule has 0 radical (unpaired) electrons. The van der Waals surface area contributed by atoms with Crippen molar-refractivity contribution in [1.29, 1.82) is 0 Å². The van der Waals surface area contributed by atoms with E-state index < -0.39 is 24.1 Å². The van der Waals surface area contributed by atoms with Crippen LogP contribution in [-0.2, 0) is 14.9 Å². The Labute approximate surface area is 158 Å². The highest BCUT2D eigenvalue weighted by atomic mass is 16.6. The molecule has 1 heterocycles. The van der Waals surface area contributed by atoms with Crippen LogP contribution in [0.3, 0.4) is 0 Å². The van der Waals surface area contributed by atoms with Crippen LogP contribution in [0, 0.1) is 6.92 Å². The zero-order valence-corrected chi connectivity index (χ0v) is 16.3. The van der Waals surface area contributed by atoms with Gasteiger partial charge in [-0.2, -0.15) is 4.98 Å². The van der Waals surface area contributed by atoms with E-state index >= 15 is 0 Å². The van der Waals surface area contributed by atoms with Crippen molar-refractivity contribution >= 4 is 12.0 Å². The van der Waals surface area contributed by atoms with E-state index in [9.17, 15) is 9.59 Å². The first-order chi connectivity index (χ1) is 12.6. The molecule has 0 aliphatic carbocycles. The third kappa shape index (κ3) is 5.54. The Morgan fingerprint density at radius 1 is 1.30 bits per heavy atom. The number of hydrogen-bond acceptors (Lipinski definition) is 6. The minimum absolute atomic E-state index is 0.0710. The Balaban J connectivity index is 2.08. The molecule has 2 aromatic rings. The van der Waals surface area contributed by atoms with Crippen molar-refractivity contribution in [1.82, 2.24) is 15.5 Å². The lowest BCUT2D eigenvalue weighted by atomic mass is 9.96. The first-order valence-electron chi connectivity index (χ1n) is 8.73. The third-order valence-corrected chi connectivity index (χ3v) is 4.02. The molecule has 0 saturated carbocycles. The summed E-state index contributed by atoms with van der Waals surface area (Å²) in [6.07, 6.45) is -0.773. The quantitative estimate of drug-likeness (QED) is 0.750. The second-order valence-electron chi connectivity index (χ2n) is 7.46. The van der Waals surface area contributed by atoms with Crippen LogP contribution >= 0.6 is 0 Å². The summed E-state index contributed by atoms with van der Waals surface area (Å²) < 4.78 is 10.6. The Morgan fingerprint density at radius 2 is 1.96 bits per heavy atom. The number of amides is 2. The molecule has 2 atom stereocenters. The van der Waals surface area contributed by atoms with Crippen LogP contribution in [0.25, 0.3) is 0 Å². The maximum Gasteiger partial charge on any atom is 0.312 e. The van der Waals surface area contributed by atoms with Gasteiger partial charge in [-0.25, -0.2) is 4.79 Å². The third-order valence-electron chi connectivity index (χ3n) is 4.02. The number of hydrogen-bond donors (Lipinski definition) is 2. The number of aryl methyl sites for hydroxylation is 1. The molecule has 0 bridgehead atoms. The van der Waals surface area contributed by atoms with Gasteiger partial charge in [-0.05, 0) is 25.0 Å². The molecule has 0 aliphatic heterocycles. The molecule has 0 aliphatic rings. The van der Waals surface area contributed by atoms with Gasteiger partial charge in [0.15, 0.2) is 11.9 Å². The summed E-state index contributed by atoms with van der Waals surface area (Å²) in [4.78, 5) is 28.0. The molecule has 0 fully saturated rings. The minimum atomic E-state index is -0.712. The second kappa shape index (κ2) is 8.20. The van der Waals surface area contributed by atoms with Crippen LogP contribution in [-0.4, -0.2) is 22.1 Å². The van der Waals surface area contributed by atoms with Gasteiger partial charge < -0.3 is 20.3 Å². The molecule has 27 heavy (non-hydrogen) atoms. The van der Waals surface area contributed by atoms with Gasteiger partial charge in [0.05, 0.1) is 12.5 Å². The van der Waals surface area contributed by atoms with Crippen molar-refractivity contribution in [3.63, 3.8) is 0 Å². The Morgan fingerprint density at radius 3 is 2.52 bits per heavy atom. The molecule has 8 heteroatoms. The number of carbonyl (C=O) groups is 2. The minimum Gasteiger partial charge on any atom is -0.452 e. The molecule has 0 saturated heterocycles. The number of carbonyl (C=O) groups excluding carboxylic acids is 2. The van der Waals surface area contributed by atoms with Crippen LogP contribution in [0.4, 0.5) is 4.79 Å². The van der Waals surface area contributed by atoms with Crippen LogP contribution in [0.5, 0.6) is 0 Å². The smallest absolute Gasteiger partial charge is 0.312 e. The number of benzene rings is 1. The van der Waals surface area contributed by atoms with E-state index in [4.69, 9.17) is 15.0 Å². The van der Waals surface area contributed by atoms with Crippen molar-refractivity contribution in [3.05, 3.63) is 47.1 Å². The average molecular weight is 374 g/mol. The number of rotatable bonds is 6. The SMILES string of the molecule is Cc1ccccc1C(CC(=O)OC(C)c1nc(C(C)(C)C)no1)NC(N)=O. The molecule has 146 valence electrons. The second-order valence-corrected chi connectivity index (χ2v) is 7.46. The molecule has 3 N–H and O–H groups in total. The van der Waals surface area contributed by atoms with Crippen LogP contribution in [0.2, 0.25) is 0 Å². The first kappa shape index (κ1) is 20.4. The summed E-state index contributed by atoms with van der Waals surface area (Å²) in [6, 6.07) is 6.14. The van der Waals surface area contributed by atoms with E-state index in [1.165, 1.54) is 0 Å². The maximum absolute atomic E-state index is 12.4. The number of nitrogens with zero attached hydrogens (tertiary/aromatic N) is 2. The highest BCUT2D eigenvalue weighted by Crippen LogP contribution is 2.25. The Hall–Kier alpha value is -2.90. The summed E-state index contributed by atoms with van der Waals surface area (Å²) in [5, 5.41) is 6.52. The van der Waals surface area contributed by atoms with Crippen molar-refractivity contribution in [2.24, 2.45) is 5.73 Å². The molecule has 2 amide bonds. The van der Waals surface area contributed by atoms with Gasteiger partial charge in [0.25, 0.3) is 5.89 Å². The summed E-state index contributed by atoms with van der Waals surface area (Å²) >= 11 is 0. The normalized spacial score (nSPS) is 13.7. The molecule has 2 unspecified atom stereocenters. The van der Waals surface area contributed by atoms with Gasteiger partial charge in [0, 0.05) is 5.41 Å². The standard InChI is InChI=1S/C19H26N4O4/c1-11-8-6-7-9-13(11)14(21-18(20)25)10-15(24)26-12(2)16-22-17(23-27-16)19(3,4)5/h6-9,12,14H,10H2,1-5H3,(H3,20,21,25). The lowest BCUT2D eigenvalue weighted by molar-refractivity contribution is -0.150. The number of urea groups is 1. The predicted octanol–water partition coefficient (Wildman–Crippen LogP) is 3.08. The van der Waals surface area contributed by atoms with Gasteiger partial charge in [0.1, 0.15) is 0 Å². The van der Waals surface area contributed by atoms with E-state index in [1.807, 2.05) is 52.0 Å². The fraction of sp³-hybridized carbons (Fsp3) is 0.474. The largest absolute Gasteiger partial charge is 0.452 e. The lowest BCUT2D eigenvalue weighted by Crippen LogP contribution is -2.35. The molecule has 0 spiro atoms. The summed E-state index contributed by atoms with van der Waals surface area (Å²) in [5.74, 6) is 0.247. The van der Waals surface area contributed by atoms with E-state index in [1.54, 1.807) is 6.92 Å². The molecular weight excluding hydrogens is 348 g/mol. The highest BCUT2D eigenvalue weighted by molar-refractivity contribution is 5.75. The number of nitrogens with one attached hydrogen (secondary N) is 1. The fourth-order valence-electron chi connectivity index (χ4n) is 2.56. The lowest BCUT2D eigenvalue weighted by Gasteiger charge is -2.20. The van der Waals surface area contributed by atoms with E-state index in [0.29, 0.717) is 5.82 Å². The number of ether oxygens (including phenoxy) is 1. The molecular formula is C19H26N4O4. The zero-order chi connectivity index (χ0) is 20.2. The molecule has 1 aromatic carbocycles. The van der Waals surface area contributed by atoms with Crippen molar-refractivity contribution < 1.29 is 18.8 Å². The van der Waals surface area contributed by atoms with Gasteiger partial charge in [0.2, 0.25) is 0 Å². The van der Waals surface area contributed by atoms with E-state index in [-0.39, 0.29) is 17.7 Å². The average Bonchev–Trinajstić information content (AvgIpc) is 3.04. The van der Waals surface area contributed by atoms with Crippen molar-refractivity contribution in [2.45, 2.75) is 58.6 Å².